The summed E-state index contributed by atoms with van der Waals surface area (Å²) < 4.78 is 38.0. The molecule has 2 aromatic carbocycles. The summed E-state index contributed by atoms with van der Waals surface area (Å²) in [7, 11) is -0.366. The van der Waals surface area contributed by atoms with Crippen LogP contribution < -0.4 is 20.1 Å². The monoisotopic (exact) mass is 576 g/mol. The van der Waals surface area contributed by atoms with E-state index in [0.29, 0.717) is 25.7 Å². The summed E-state index contributed by atoms with van der Waals surface area (Å²) >= 11 is 0. The van der Waals surface area contributed by atoms with Crippen molar-refractivity contribution in [3.8, 4) is 5.75 Å². The van der Waals surface area contributed by atoms with Crippen LogP contribution in [0.15, 0.2) is 58.4 Å². The summed E-state index contributed by atoms with van der Waals surface area (Å²) in [5, 5.41) is 6.42. The number of aliphatic imine (C=N–C) groups is 1. The van der Waals surface area contributed by atoms with Gasteiger partial charge in [0.2, 0.25) is 10.0 Å². The highest BCUT2D eigenvalue weighted by molar-refractivity contribution is 14.0. The molecule has 0 aliphatic carbocycles. The smallest absolute Gasteiger partial charge is 0.240 e. The van der Waals surface area contributed by atoms with Crippen LogP contribution in [0, 0.1) is 6.92 Å². The number of guanidine groups is 1. The van der Waals surface area contributed by atoms with Crippen LogP contribution >= 0.6 is 24.0 Å². The first kappa shape index (κ1) is 28.1. The number of nitrogens with zero attached hydrogens (tertiary/aromatic N) is 1. The van der Waals surface area contributed by atoms with E-state index in [4.69, 9.17) is 9.47 Å². The number of benzene rings is 2. The zero-order chi connectivity index (χ0) is 22.7. The Morgan fingerprint density at radius 1 is 1.12 bits per heavy atom. The Morgan fingerprint density at radius 3 is 2.56 bits per heavy atom. The third-order valence-electron chi connectivity index (χ3n) is 4.37. The van der Waals surface area contributed by atoms with E-state index in [1.165, 1.54) is 7.11 Å². The molecule has 1 atom stereocenters. The zero-order valence-corrected chi connectivity index (χ0v) is 22.1. The molecule has 0 aliphatic heterocycles. The Morgan fingerprint density at radius 2 is 1.88 bits per heavy atom. The molecule has 0 aliphatic rings. The number of sulfonamides is 1. The maximum absolute atomic E-state index is 12.4. The predicted molar refractivity (Wildman–Crippen MR) is 138 cm³/mol. The highest BCUT2D eigenvalue weighted by Crippen LogP contribution is 2.14. The minimum atomic E-state index is -3.57. The molecule has 0 spiro atoms. The molecular formula is C22H33IN4O4S. The fourth-order valence-corrected chi connectivity index (χ4v) is 3.88. The molecule has 0 aromatic heterocycles. The van der Waals surface area contributed by atoms with Crippen LogP contribution in [0.25, 0.3) is 0 Å². The average molecular weight is 577 g/mol. The Balaban J connectivity index is 0.00000512. The number of rotatable bonds is 11. The van der Waals surface area contributed by atoms with E-state index in [-0.39, 0.29) is 41.5 Å². The molecule has 3 N–H and O–H groups in total. The Kier molecular flexibility index (Phi) is 12.6. The maximum Gasteiger partial charge on any atom is 0.240 e. The molecule has 0 bridgehead atoms. The fourth-order valence-electron chi connectivity index (χ4n) is 2.79. The van der Waals surface area contributed by atoms with Gasteiger partial charge in [-0.3, -0.25) is 4.99 Å². The van der Waals surface area contributed by atoms with Crippen LogP contribution in [0.2, 0.25) is 0 Å². The molecule has 2 aromatic rings. The molecule has 0 radical (unpaired) electrons. The average Bonchev–Trinajstić information content (AvgIpc) is 2.74. The lowest BCUT2D eigenvalue weighted by Crippen LogP contribution is -2.41. The molecule has 8 nitrogen and oxygen atoms in total. The van der Waals surface area contributed by atoms with E-state index in [9.17, 15) is 8.42 Å². The second-order valence-corrected chi connectivity index (χ2v) is 8.86. The van der Waals surface area contributed by atoms with E-state index >= 15 is 0 Å². The van der Waals surface area contributed by atoms with Gasteiger partial charge in [-0.2, -0.15) is 0 Å². The number of nitrogens with one attached hydrogen (secondary N) is 3. The van der Waals surface area contributed by atoms with Crippen molar-refractivity contribution in [1.82, 2.24) is 15.4 Å². The summed E-state index contributed by atoms with van der Waals surface area (Å²) in [5.41, 5.74) is 1.97. The standard InChI is InChI=1S/C22H32N4O4S.HI/c1-17-7-5-9-20(13-17)30-18(2)15-24-22(23-3)25-16-19-8-6-10-21(14-19)31(27,28)26-11-12-29-4;/h5-10,13-14,18,26H,11-12,15-16H2,1-4H3,(H2,23,24,25);1H. The van der Waals surface area contributed by atoms with Crippen molar-refractivity contribution in [2.24, 2.45) is 4.99 Å². The van der Waals surface area contributed by atoms with Gasteiger partial charge in [0.25, 0.3) is 0 Å². The highest BCUT2D eigenvalue weighted by atomic mass is 127. The Bertz CT molecular complexity index is 970. The van der Waals surface area contributed by atoms with Gasteiger partial charge in [0, 0.05) is 27.2 Å². The zero-order valence-electron chi connectivity index (χ0n) is 18.9. The van der Waals surface area contributed by atoms with Crippen molar-refractivity contribution in [3.05, 3.63) is 59.7 Å². The van der Waals surface area contributed by atoms with Crippen LogP contribution in [-0.2, 0) is 21.3 Å². The molecular weight excluding hydrogens is 543 g/mol. The highest BCUT2D eigenvalue weighted by Gasteiger charge is 2.14. The summed E-state index contributed by atoms with van der Waals surface area (Å²) in [6, 6.07) is 14.7. The van der Waals surface area contributed by atoms with Crippen LogP contribution in [0.1, 0.15) is 18.1 Å². The third-order valence-corrected chi connectivity index (χ3v) is 5.83. The van der Waals surface area contributed by atoms with E-state index < -0.39 is 10.0 Å². The van der Waals surface area contributed by atoms with Crippen LogP contribution in [0.4, 0.5) is 0 Å². The fraction of sp³-hybridized carbons (Fsp3) is 0.409. The minimum Gasteiger partial charge on any atom is -0.489 e. The lowest BCUT2D eigenvalue weighted by atomic mass is 10.2. The van der Waals surface area contributed by atoms with Gasteiger partial charge >= 0.3 is 0 Å². The lowest BCUT2D eigenvalue weighted by molar-refractivity contribution is 0.204. The molecule has 0 saturated heterocycles. The molecule has 178 valence electrons. The van der Waals surface area contributed by atoms with Crippen molar-refractivity contribution in [2.45, 2.75) is 31.4 Å². The van der Waals surface area contributed by atoms with Gasteiger partial charge in [-0.05, 0) is 49.2 Å². The molecule has 1 unspecified atom stereocenters. The second kappa shape index (κ2) is 14.3. The molecule has 0 amide bonds. The SMILES string of the molecule is CN=C(NCc1cccc(S(=O)(=O)NCCOC)c1)NCC(C)Oc1cccc(C)c1.I. The van der Waals surface area contributed by atoms with Gasteiger partial charge in [0.05, 0.1) is 18.0 Å². The van der Waals surface area contributed by atoms with Gasteiger partial charge in [-0.15, -0.1) is 24.0 Å². The lowest BCUT2D eigenvalue weighted by Gasteiger charge is -2.18. The molecule has 0 heterocycles. The van der Waals surface area contributed by atoms with Crippen molar-refractivity contribution < 1.29 is 17.9 Å². The van der Waals surface area contributed by atoms with E-state index in [1.54, 1.807) is 25.2 Å². The molecule has 32 heavy (non-hydrogen) atoms. The number of halogens is 1. The molecule has 10 heteroatoms. The van der Waals surface area contributed by atoms with Crippen molar-refractivity contribution in [3.63, 3.8) is 0 Å². The van der Waals surface area contributed by atoms with Crippen molar-refractivity contribution >= 4 is 40.0 Å². The maximum atomic E-state index is 12.4. The number of hydrogen-bond donors (Lipinski definition) is 3. The van der Waals surface area contributed by atoms with Crippen LogP contribution in [0.3, 0.4) is 0 Å². The largest absolute Gasteiger partial charge is 0.489 e. The van der Waals surface area contributed by atoms with Gasteiger partial charge < -0.3 is 20.1 Å². The van der Waals surface area contributed by atoms with Crippen LogP contribution in [0.5, 0.6) is 5.75 Å². The summed E-state index contributed by atoms with van der Waals surface area (Å²) in [4.78, 5) is 4.43. The summed E-state index contributed by atoms with van der Waals surface area (Å²) in [6.45, 7) is 5.53. The topological polar surface area (TPSA) is 101 Å². The first-order valence-electron chi connectivity index (χ1n) is 10.1. The predicted octanol–water partition coefficient (Wildman–Crippen LogP) is 2.67. The van der Waals surface area contributed by atoms with Gasteiger partial charge in [0.15, 0.2) is 5.96 Å². The van der Waals surface area contributed by atoms with Crippen LogP contribution in [-0.4, -0.2) is 54.3 Å². The minimum absolute atomic E-state index is 0. The number of hydrogen-bond acceptors (Lipinski definition) is 5. The number of ether oxygens (including phenoxy) is 2. The number of aryl methyl sites for hydroxylation is 1. The van der Waals surface area contributed by atoms with Crippen molar-refractivity contribution in [1.29, 1.82) is 0 Å². The van der Waals surface area contributed by atoms with Gasteiger partial charge in [-0.1, -0.05) is 24.3 Å². The first-order chi connectivity index (χ1) is 14.8. The number of methoxy groups -OCH3 is 1. The van der Waals surface area contributed by atoms with Crippen molar-refractivity contribution in [2.75, 3.05) is 33.9 Å². The Hall–Kier alpha value is -1.89. The summed E-state index contributed by atoms with van der Waals surface area (Å²) in [5.74, 6) is 1.43. The van der Waals surface area contributed by atoms with E-state index in [0.717, 1.165) is 16.9 Å². The molecule has 0 saturated carbocycles. The quantitative estimate of drug-likeness (QED) is 0.165. The van der Waals surface area contributed by atoms with Gasteiger partial charge in [-0.25, -0.2) is 13.1 Å². The Labute approximate surface area is 208 Å². The van der Waals surface area contributed by atoms with E-state index in [2.05, 4.69) is 20.3 Å². The third kappa shape index (κ3) is 9.72. The summed E-state index contributed by atoms with van der Waals surface area (Å²) in [6.07, 6.45) is -0.0630. The normalized spacial score (nSPS) is 12.6. The first-order valence-corrected chi connectivity index (χ1v) is 11.6. The second-order valence-electron chi connectivity index (χ2n) is 7.09. The van der Waals surface area contributed by atoms with Gasteiger partial charge in [0.1, 0.15) is 11.9 Å². The molecule has 0 fully saturated rings. The molecule has 2 rings (SSSR count). The van der Waals surface area contributed by atoms with E-state index in [1.807, 2.05) is 44.2 Å².